The predicted octanol–water partition coefficient (Wildman–Crippen LogP) is 1.28. The topological polar surface area (TPSA) is 59.1 Å². The van der Waals surface area contributed by atoms with Crippen LogP contribution in [-0.4, -0.2) is 68.3 Å². The van der Waals surface area contributed by atoms with Crippen molar-refractivity contribution in [1.29, 1.82) is 0 Å². The highest BCUT2D eigenvalue weighted by molar-refractivity contribution is 9.10. The van der Waals surface area contributed by atoms with Gasteiger partial charge in [0.2, 0.25) is 0 Å². The van der Waals surface area contributed by atoms with Crippen molar-refractivity contribution in [3.05, 3.63) is 34.3 Å². The molecule has 6 nitrogen and oxygen atoms in total. The Morgan fingerprint density at radius 2 is 1.48 bits per heavy atom. The van der Waals surface area contributed by atoms with E-state index >= 15 is 0 Å². The molecule has 0 unspecified atom stereocenters. The summed E-state index contributed by atoms with van der Waals surface area (Å²) in [6, 6.07) is 7.70. The van der Waals surface area contributed by atoms with Crippen molar-refractivity contribution < 1.29 is 19.1 Å². The van der Waals surface area contributed by atoms with E-state index in [0.29, 0.717) is 6.42 Å². The number of benzene rings is 1. The zero-order valence-electron chi connectivity index (χ0n) is 13.7. The van der Waals surface area contributed by atoms with Crippen LogP contribution in [-0.2, 0) is 25.5 Å². The van der Waals surface area contributed by atoms with Crippen molar-refractivity contribution in [3.63, 3.8) is 0 Å². The maximum absolute atomic E-state index is 12.3. The molecule has 2 atom stereocenters. The van der Waals surface area contributed by atoms with E-state index in [9.17, 15) is 9.59 Å². The smallest absolute Gasteiger partial charge is 0.254 e. The highest BCUT2D eigenvalue weighted by Crippen LogP contribution is 2.27. The first-order chi connectivity index (χ1) is 10.8. The van der Waals surface area contributed by atoms with E-state index in [1.807, 2.05) is 24.3 Å². The van der Waals surface area contributed by atoms with Crippen LogP contribution in [0.3, 0.4) is 0 Å². The van der Waals surface area contributed by atoms with Gasteiger partial charge in [-0.25, -0.2) is 0 Å². The molecule has 1 aliphatic rings. The third kappa shape index (κ3) is 4.10. The summed E-state index contributed by atoms with van der Waals surface area (Å²) in [5.74, 6) is -0.556. The van der Waals surface area contributed by atoms with Crippen LogP contribution in [0.1, 0.15) is 5.56 Å². The molecule has 0 aromatic heterocycles. The number of carbonyl (C=O) groups is 2. The summed E-state index contributed by atoms with van der Waals surface area (Å²) in [5.41, 5.74) is 0.992. The van der Waals surface area contributed by atoms with Gasteiger partial charge in [-0.15, -0.1) is 0 Å². The molecule has 2 rings (SSSR count). The average Bonchev–Trinajstić information content (AvgIpc) is 2.91. The molecular formula is C16H21BrN2O4. The largest absolute Gasteiger partial charge is 0.346 e. The molecule has 1 saturated heterocycles. The lowest BCUT2D eigenvalue weighted by molar-refractivity contribution is -0.146. The Hall–Kier alpha value is -1.44. The molecule has 0 saturated carbocycles. The van der Waals surface area contributed by atoms with Crippen molar-refractivity contribution in [2.45, 2.75) is 24.9 Å². The van der Waals surface area contributed by atoms with Gasteiger partial charge >= 0.3 is 0 Å². The molecule has 0 aliphatic carbocycles. The number of amides is 2. The van der Waals surface area contributed by atoms with Crippen LogP contribution in [0.4, 0.5) is 0 Å². The lowest BCUT2D eigenvalue weighted by Crippen LogP contribution is -2.47. The number of halogens is 1. The third-order valence-corrected chi connectivity index (χ3v) is 4.36. The summed E-state index contributed by atoms with van der Waals surface area (Å²) in [5, 5.41) is 0. The van der Waals surface area contributed by atoms with E-state index in [4.69, 9.17) is 9.47 Å². The second-order valence-corrected chi connectivity index (χ2v) is 6.66. The molecule has 2 amide bonds. The minimum Gasteiger partial charge on any atom is -0.346 e. The van der Waals surface area contributed by atoms with Gasteiger partial charge in [-0.1, -0.05) is 34.1 Å². The van der Waals surface area contributed by atoms with E-state index in [2.05, 4.69) is 15.9 Å². The Morgan fingerprint density at radius 1 is 1.00 bits per heavy atom. The van der Waals surface area contributed by atoms with E-state index in [-0.39, 0.29) is 11.8 Å². The fourth-order valence-electron chi connectivity index (χ4n) is 2.33. The van der Waals surface area contributed by atoms with E-state index in [1.54, 1.807) is 28.2 Å². The second kappa shape index (κ2) is 7.42. The number of likely N-dealkylation sites (N-methyl/N-ethyl adjacent to an activating group) is 2. The molecule has 1 aromatic rings. The first kappa shape index (κ1) is 17.9. The van der Waals surface area contributed by atoms with Crippen LogP contribution in [0.15, 0.2) is 28.7 Å². The van der Waals surface area contributed by atoms with Crippen LogP contribution < -0.4 is 0 Å². The highest BCUT2D eigenvalue weighted by atomic mass is 79.9. The van der Waals surface area contributed by atoms with Gasteiger partial charge in [-0.05, 0) is 11.6 Å². The normalized spacial score (nSPS) is 21.3. The quantitative estimate of drug-likeness (QED) is 0.784. The molecule has 1 heterocycles. The fourth-order valence-corrected chi connectivity index (χ4v) is 2.77. The zero-order chi connectivity index (χ0) is 17.1. The van der Waals surface area contributed by atoms with E-state index in [1.165, 1.54) is 9.80 Å². The number of hydrogen-bond acceptors (Lipinski definition) is 4. The predicted molar refractivity (Wildman–Crippen MR) is 88.8 cm³/mol. The summed E-state index contributed by atoms with van der Waals surface area (Å²) in [7, 11) is 6.52. The molecule has 23 heavy (non-hydrogen) atoms. The minimum atomic E-state index is -0.924. The maximum atomic E-state index is 12.3. The van der Waals surface area contributed by atoms with Gasteiger partial charge < -0.3 is 19.3 Å². The Bertz CT molecular complexity index is 563. The highest BCUT2D eigenvalue weighted by Gasteiger charge is 2.46. The van der Waals surface area contributed by atoms with Crippen LogP contribution in [0.2, 0.25) is 0 Å². The van der Waals surface area contributed by atoms with E-state index < -0.39 is 18.5 Å². The van der Waals surface area contributed by atoms with Crippen molar-refractivity contribution in [1.82, 2.24) is 9.80 Å². The van der Waals surface area contributed by atoms with Crippen LogP contribution in [0.5, 0.6) is 0 Å². The summed E-state index contributed by atoms with van der Waals surface area (Å²) in [6.07, 6.45) is -2.04. The van der Waals surface area contributed by atoms with Gasteiger partial charge in [0.1, 0.15) is 0 Å². The maximum Gasteiger partial charge on any atom is 0.254 e. The van der Waals surface area contributed by atoms with Gasteiger partial charge in [-0.3, -0.25) is 9.59 Å². The lowest BCUT2D eigenvalue weighted by atomic mass is 10.1. The molecule has 0 N–H and O–H groups in total. The van der Waals surface area contributed by atoms with Gasteiger partial charge in [0.05, 0.1) is 0 Å². The Kier molecular flexibility index (Phi) is 5.78. The zero-order valence-corrected chi connectivity index (χ0v) is 15.2. The third-order valence-electron chi connectivity index (χ3n) is 3.58. The molecule has 0 bridgehead atoms. The SMILES string of the molecule is CN(C)C(=O)[C@@H]1OC(Cc2ccccc2Br)O[C@H]1C(=O)N(C)C. The van der Waals surface area contributed by atoms with Gasteiger partial charge in [0.25, 0.3) is 11.8 Å². The number of hydrogen-bond donors (Lipinski definition) is 0. The number of carbonyl (C=O) groups excluding carboxylic acids is 2. The van der Waals surface area contributed by atoms with Crippen molar-refractivity contribution >= 4 is 27.7 Å². The van der Waals surface area contributed by atoms with Crippen LogP contribution in [0, 0.1) is 0 Å². The minimum absolute atomic E-state index is 0.278. The van der Waals surface area contributed by atoms with Crippen molar-refractivity contribution in [2.75, 3.05) is 28.2 Å². The molecule has 1 aliphatic heterocycles. The molecular weight excluding hydrogens is 364 g/mol. The second-order valence-electron chi connectivity index (χ2n) is 5.80. The molecule has 0 radical (unpaired) electrons. The molecule has 7 heteroatoms. The average molecular weight is 385 g/mol. The van der Waals surface area contributed by atoms with Crippen LogP contribution in [0.25, 0.3) is 0 Å². The molecule has 1 aromatic carbocycles. The standard InChI is InChI=1S/C16H21BrN2O4/c1-18(2)15(20)13-14(16(21)19(3)4)23-12(22-13)9-10-7-5-6-8-11(10)17/h5-8,12-14H,9H2,1-4H3/t13-,14-/m1/s1. The van der Waals surface area contributed by atoms with Crippen LogP contribution >= 0.6 is 15.9 Å². The van der Waals surface area contributed by atoms with Gasteiger partial charge in [0.15, 0.2) is 18.5 Å². The Labute approximate surface area is 144 Å². The Balaban J connectivity index is 2.17. The summed E-state index contributed by atoms with van der Waals surface area (Å²) in [6.45, 7) is 0. The molecule has 126 valence electrons. The summed E-state index contributed by atoms with van der Waals surface area (Å²) >= 11 is 3.48. The van der Waals surface area contributed by atoms with Gasteiger partial charge in [0, 0.05) is 39.1 Å². The first-order valence-corrected chi connectivity index (χ1v) is 8.07. The number of nitrogens with zero attached hydrogens (tertiary/aromatic N) is 2. The van der Waals surface area contributed by atoms with Crippen molar-refractivity contribution in [3.8, 4) is 0 Å². The lowest BCUT2D eigenvalue weighted by Gasteiger charge is -2.21. The first-order valence-electron chi connectivity index (χ1n) is 7.28. The van der Waals surface area contributed by atoms with Gasteiger partial charge in [-0.2, -0.15) is 0 Å². The number of ether oxygens (including phenoxy) is 2. The molecule has 1 fully saturated rings. The molecule has 0 spiro atoms. The van der Waals surface area contributed by atoms with E-state index in [0.717, 1.165) is 10.0 Å². The number of rotatable bonds is 4. The Morgan fingerprint density at radius 3 is 1.91 bits per heavy atom. The monoisotopic (exact) mass is 384 g/mol. The fraction of sp³-hybridized carbons (Fsp3) is 0.500. The summed E-state index contributed by atoms with van der Waals surface area (Å²) < 4.78 is 12.4. The van der Waals surface area contributed by atoms with Crippen molar-refractivity contribution in [2.24, 2.45) is 0 Å². The summed E-state index contributed by atoms with van der Waals surface area (Å²) in [4.78, 5) is 27.4.